The Labute approximate surface area is 115 Å². The van der Waals surface area contributed by atoms with Crippen molar-refractivity contribution in [3.05, 3.63) is 32.4 Å². The van der Waals surface area contributed by atoms with Crippen molar-refractivity contribution in [3.8, 4) is 11.8 Å². The summed E-state index contributed by atoms with van der Waals surface area (Å²) in [7, 11) is 0. The van der Waals surface area contributed by atoms with Crippen LogP contribution in [0.25, 0.3) is 10.9 Å². The van der Waals surface area contributed by atoms with Crippen molar-refractivity contribution in [2.45, 2.75) is 0 Å². The van der Waals surface area contributed by atoms with Crippen molar-refractivity contribution in [1.29, 1.82) is 5.26 Å². The highest BCUT2D eigenvalue weighted by Crippen LogP contribution is 2.35. The van der Waals surface area contributed by atoms with Crippen molar-refractivity contribution >= 4 is 49.4 Å². The zero-order valence-electron chi connectivity index (χ0n) is 8.08. The van der Waals surface area contributed by atoms with E-state index in [0.717, 1.165) is 18.9 Å². The molecule has 0 unspecified atom stereocenters. The first kappa shape index (κ1) is 11.6. The van der Waals surface area contributed by atoms with E-state index < -0.39 is 0 Å². The summed E-state index contributed by atoms with van der Waals surface area (Å²) in [6.07, 6.45) is 1.71. The van der Waals surface area contributed by atoms with Crippen LogP contribution in [0.15, 0.2) is 28.9 Å². The molecule has 0 N–H and O–H groups in total. The second kappa shape index (κ2) is 4.97. The fourth-order valence-electron chi connectivity index (χ4n) is 1.39. The Morgan fingerprint density at radius 1 is 1.56 bits per heavy atom. The molecule has 1 heterocycles. The molecule has 80 valence electrons. The van der Waals surface area contributed by atoms with Crippen LogP contribution in [0.3, 0.4) is 0 Å². The van der Waals surface area contributed by atoms with Gasteiger partial charge in [0.15, 0.2) is 12.4 Å². The zero-order chi connectivity index (χ0) is 11.5. The highest BCUT2D eigenvalue weighted by atomic mass is 127. The number of hydrogen-bond acceptors (Lipinski definition) is 3. The fraction of sp³-hybridized carbons (Fsp3) is 0.0909. The van der Waals surface area contributed by atoms with Crippen LogP contribution in [0.4, 0.5) is 0 Å². The van der Waals surface area contributed by atoms with E-state index in [2.05, 4.69) is 43.5 Å². The van der Waals surface area contributed by atoms with Gasteiger partial charge >= 0.3 is 0 Å². The van der Waals surface area contributed by atoms with Gasteiger partial charge in [-0.1, -0.05) is 6.07 Å². The number of aromatic nitrogens is 1. The normalized spacial score (nSPS) is 10.1. The second-order valence-electron chi connectivity index (χ2n) is 3.02. The van der Waals surface area contributed by atoms with Gasteiger partial charge in [0.2, 0.25) is 0 Å². The molecule has 1 aromatic carbocycles. The van der Waals surface area contributed by atoms with Crippen molar-refractivity contribution in [2.24, 2.45) is 0 Å². The summed E-state index contributed by atoms with van der Waals surface area (Å²) in [5, 5.41) is 9.56. The fourth-order valence-corrected chi connectivity index (χ4v) is 3.09. The van der Waals surface area contributed by atoms with Crippen molar-refractivity contribution in [3.63, 3.8) is 0 Å². The van der Waals surface area contributed by atoms with Gasteiger partial charge in [-0.05, 0) is 50.7 Å². The molecule has 0 atom stereocenters. The van der Waals surface area contributed by atoms with Gasteiger partial charge in [-0.25, -0.2) is 0 Å². The minimum atomic E-state index is 0.0187. The number of ether oxygens (including phenoxy) is 1. The maximum Gasteiger partial charge on any atom is 0.174 e. The molecule has 0 bridgehead atoms. The first-order valence-electron chi connectivity index (χ1n) is 4.46. The molecule has 2 rings (SSSR count). The molecule has 3 nitrogen and oxygen atoms in total. The lowest BCUT2D eigenvalue weighted by Gasteiger charge is -2.09. The number of benzene rings is 1. The van der Waals surface area contributed by atoms with Crippen LogP contribution in [0.2, 0.25) is 0 Å². The lowest BCUT2D eigenvalue weighted by Crippen LogP contribution is -1.97. The Morgan fingerprint density at radius 3 is 3.12 bits per heavy atom. The van der Waals surface area contributed by atoms with E-state index in [1.807, 2.05) is 24.3 Å². The van der Waals surface area contributed by atoms with Gasteiger partial charge in [0, 0.05) is 15.2 Å². The summed E-state index contributed by atoms with van der Waals surface area (Å²) in [6, 6.07) is 7.77. The largest absolute Gasteiger partial charge is 0.475 e. The van der Waals surface area contributed by atoms with Crippen molar-refractivity contribution < 1.29 is 4.74 Å². The minimum absolute atomic E-state index is 0.0187. The molecule has 0 spiro atoms. The molecule has 0 radical (unpaired) electrons. The standard InChI is InChI=1S/C11H6BrIN2O/c12-8-6-9(13)7-2-1-4-15-10(7)11(8)16-5-3-14/h1-2,4,6H,5H2. The molecule has 0 amide bonds. The summed E-state index contributed by atoms with van der Waals surface area (Å²) in [6.45, 7) is 0.0187. The summed E-state index contributed by atoms with van der Waals surface area (Å²) >= 11 is 5.67. The molecule has 5 heteroatoms. The van der Waals surface area contributed by atoms with E-state index >= 15 is 0 Å². The number of nitrogens with zero attached hydrogens (tertiary/aromatic N) is 2. The highest BCUT2D eigenvalue weighted by molar-refractivity contribution is 14.1. The van der Waals surface area contributed by atoms with Gasteiger partial charge in [0.1, 0.15) is 11.6 Å². The first-order chi connectivity index (χ1) is 7.74. The molecular weight excluding hydrogens is 383 g/mol. The van der Waals surface area contributed by atoms with E-state index in [9.17, 15) is 0 Å². The molecule has 0 saturated carbocycles. The predicted octanol–water partition coefficient (Wildman–Crippen LogP) is 3.50. The number of rotatable bonds is 2. The van der Waals surface area contributed by atoms with E-state index in [0.29, 0.717) is 5.75 Å². The average molecular weight is 389 g/mol. The van der Waals surface area contributed by atoms with Crippen LogP contribution >= 0.6 is 38.5 Å². The third-order valence-electron chi connectivity index (χ3n) is 2.03. The van der Waals surface area contributed by atoms with Gasteiger partial charge in [0.25, 0.3) is 0 Å². The number of pyridine rings is 1. The summed E-state index contributed by atoms with van der Waals surface area (Å²) in [5.41, 5.74) is 0.775. The molecule has 1 aromatic heterocycles. The second-order valence-corrected chi connectivity index (χ2v) is 5.03. The third kappa shape index (κ3) is 2.13. The minimum Gasteiger partial charge on any atom is -0.475 e. The van der Waals surface area contributed by atoms with Crippen LogP contribution in [-0.4, -0.2) is 11.6 Å². The lowest BCUT2D eigenvalue weighted by atomic mass is 10.2. The summed E-state index contributed by atoms with van der Waals surface area (Å²) in [5.74, 6) is 0.623. The predicted molar refractivity (Wildman–Crippen MR) is 73.3 cm³/mol. The number of nitriles is 1. The quantitative estimate of drug-likeness (QED) is 0.739. The van der Waals surface area contributed by atoms with Gasteiger partial charge < -0.3 is 4.74 Å². The SMILES string of the molecule is N#CCOc1c(Br)cc(I)c2cccnc12. The van der Waals surface area contributed by atoms with Gasteiger partial charge in [-0.2, -0.15) is 5.26 Å². The van der Waals surface area contributed by atoms with Gasteiger partial charge in [-0.3, -0.25) is 4.98 Å². The molecule has 16 heavy (non-hydrogen) atoms. The number of fused-ring (bicyclic) bond motifs is 1. The summed E-state index contributed by atoms with van der Waals surface area (Å²) in [4.78, 5) is 4.29. The average Bonchev–Trinajstić information content (AvgIpc) is 2.29. The van der Waals surface area contributed by atoms with E-state index in [1.165, 1.54) is 0 Å². The first-order valence-corrected chi connectivity index (χ1v) is 6.33. The van der Waals surface area contributed by atoms with Crippen LogP contribution in [0, 0.1) is 14.9 Å². The molecule has 0 aliphatic carbocycles. The topological polar surface area (TPSA) is 45.9 Å². The smallest absolute Gasteiger partial charge is 0.174 e. The molecule has 0 aliphatic heterocycles. The van der Waals surface area contributed by atoms with Crippen LogP contribution in [0.5, 0.6) is 5.75 Å². The van der Waals surface area contributed by atoms with Gasteiger partial charge in [0.05, 0.1) is 4.47 Å². The Morgan fingerprint density at radius 2 is 2.38 bits per heavy atom. The zero-order valence-corrected chi connectivity index (χ0v) is 11.8. The number of halogens is 2. The van der Waals surface area contributed by atoms with E-state index in [4.69, 9.17) is 10.00 Å². The Hall–Kier alpha value is -0.870. The molecule has 0 aliphatic rings. The Bertz CT molecular complexity index is 580. The van der Waals surface area contributed by atoms with Crippen LogP contribution in [0.1, 0.15) is 0 Å². The van der Waals surface area contributed by atoms with Crippen LogP contribution in [-0.2, 0) is 0 Å². The number of hydrogen-bond donors (Lipinski definition) is 0. The lowest BCUT2D eigenvalue weighted by molar-refractivity contribution is 0.369. The van der Waals surface area contributed by atoms with Crippen molar-refractivity contribution in [2.75, 3.05) is 6.61 Å². The Kier molecular flexibility index (Phi) is 3.61. The highest BCUT2D eigenvalue weighted by Gasteiger charge is 2.11. The molecular formula is C11H6BrIN2O. The van der Waals surface area contributed by atoms with E-state index in [1.54, 1.807) is 6.20 Å². The maximum absolute atomic E-state index is 8.53. The van der Waals surface area contributed by atoms with Crippen LogP contribution < -0.4 is 4.74 Å². The van der Waals surface area contributed by atoms with E-state index in [-0.39, 0.29) is 6.61 Å². The molecule has 0 fully saturated rings. The third-order valence-corrected chi connectivity index (χ3v) is 3.51. The Balaban J connectivity index is 2.67. The maximum atomic E-state index is 8.53. The molecule has 0 saturated heterocycles. The monoisotopic (exact) mass is 388 g/mol. The summed E-state index contributed by atoms with van der Waals surface area (Å²) < 4.78 is 7.29. The molecule has 2 aromatic rings. The van der Waals surface area contributed by atoms with Crippen molar-refractivity contribution in [1.82, 2.24) is 4.98 Å². The van der Waals surface area contributed by atoms with Gasteiger partial charge in [-0.15, -0.1) is 0 Å².